The first kappa shape index (κ1) is 14.1. The summed E-state index contributed by atoms with van der Waals surface area (Å²) in [7, 11) is 0. The van der Waals surface area contributed by atoms with Crippen molar-refractivity contribution >= 4 is 5.97 Å². The number of rotatable bonds is 7. The number of aliphatic carboxylic acids is 1. The van der Waals surface area contributed by atoms with Crippen LogP contribution in [0.2, 0.25) is 0 Å². The highest BCUT2D eigenvalue weighted by molar-refractivity contribution is 5.73. The second kappa shape index (κ2) is 6.76. The summed E-state index contributed by atoms with van der Waals surface area (Å²) in [6.07, 6.45) is 2.98. The molecule has 2 aromatic rings. The summed E-state index contributed by atoms with van der Waals surface area (Å²) in [4.78, 5) is 19.3. The van der Waals surface area contributed by atoms with Crippen LogP contribution in [0.1, 0.15) is 25.7 Å². The number of carboxylic acids is 1. The average Bonchev–Trinajstić information content (AvgIpc) is 2.93. The van der Waals surface area contributed by atoms with Crippen LogP contribution in [0.3, 0.4) is 0 Å². The molecule has 0 aliphatic carbocycles. The minimum Gasteiger partial charge on any atom is -0.480 e. The third-order valence-corrected chi connectivity index (χ3v) is 2.74. The van der Waals surface area contributed by atoms with Gasteiger partial charge in [0.1, 0.15) is 11.7 Å². The molecule has 0 aliphatic heterocycles. The zero-order valence-electron chi connectivity index (χ0n) is 11.1. The minimum absolute atomic E-state index is 0.219. The number of hydrogen-bond donors (Lipinski definition) is 2. The quantitative estimate of drug-likeness (QED) is 0.789. The van der Waals surface area contributed by atoms with Crippen molar-refractivity contribution in [2.75, 3.05) is 0 Å². The molecule has 0 amide bonds. The van der Waals surface area contributed by atoms with Gasteiger partial charge >= 0.3 is 5.97 Å². The van der Waals surface area contributed by atoms with Gasteiger partial charge in [0.25, 0.3) is 0 Å². The van der Waals surface area contributed by atoms with Crippen LogP contribution in [0, 0.1) is 0 Å². The second-order valence-corrected chi connectivity index (χ2v) is 4.29. The molecule has 0 fully saturated rings. The lowest BCUT2D eigenvalue weighted by Crippen LogP contribution is -2.36. The number of carboxylic acid groups (broad SMARTS) is 1. The lowest BCUT2D eigenvalue weighted by atomic mass is 10.2. The van der Waals surface area contributed by atoms with Crippen LogP contribution in [0.15, 0.2) is 28.9 Å². The summed E-state index contributed by atoms with van der Waals surface area (Å²) in [6, 6.07) is 4.80. The molecule has 2 N–H and O–H groups in total. The van der Waals surface area contributed by atoms with E-state index in [1.165, 1.54) is 0 Å². The van der Waals surface area contributed by atoms with Crippen LogP contribution in [0.4, 0.5) is 0 Å². The maximum atomic E-state index is 11.0. The third kappa shape index (κ3) is 3.61. The average molecular weight is 276 g/mol. The zero-order valence-corrected chi connectivity index (χ0v) is 11.1. The third-order valence-electron chi connectivity index (χ3n) is 2.74. The number of pyridine rings is 1. The zero-order chi connectivity index (χ0) is 14.4. The lowest BCUT2D eigenvalue weighted by Gasteiger charge is -2.10. The summed E-state index contributed by atoms with van der Waals surface area (Å²) in [5.74, 6) is -0.144. The Hall–Kier alpha value is -2.28. The Morgan fingerprint density at radius 2 is 2.35 bits per heavy atom. The number of carbonyl (C=O) groups is 1. The maximum absolute atomic E-state index is 11.0. The van der Waals surface area contributed by atoms with E-state index in [0.717, 1.165) is 6.42 Å². The molecule has 0 spiro atoms. The SMILES string of the molecule is CCCC(NCc1nc(-c2ccccn2)no1)C(=O)O. The van der Waals surface area contributed by atoms with Gasteiger partial charge in [-0.1, -0.05) is 24.6 Å². The molecule has 20 heavy (non-hydrogen) atoms. The Bertz CT molecular complexity index is 556. The van der Waals surface area contributed by atoms with Crippen LogP contribution < -0.4 is 5.32 Å². The van der Waals surface area contributed by atoms with Crippen LogP contribution in [0.25, 0.3) is 11.5 Å². The molecule has 106 valence electrons. The van der Waals surface area contributed by atoms with Crippen LogP contribution in [0.5, 0.6) is 0 Å². The Morgan fingerprint density at radius 3 is 3.00 bits per heavy atom. The molecule has 0 saturated heterocycles. The standard InChI is InChI=1S/C13H16N4O3/c1-2-5-10(13(18)19)15-8-11-16-12(17-20-11)9-6-3-4-7-14-9/h3-4,6-7,10,15H,2,5,8H2,1H3,(H,18,19). The van der Waals surface area contributed by atoms with E-state index in [2.05, 4.69) is 20.4 Å². The van der Waals surface area contributed by atoms with Gasteiger partial charge in [-0.25, -0.2) is 0 Å². The van der Waals surface area contributed by atoms with Crippen molar-refractivity contribution in [3.8, 4) is 11.5 Å². The van der Waals surface area contributed by atoms with E-state index in [1.54, 1.807) is 18.3 Å². The monoisotopic (exact) mass is 276 g/mol. The first-order valence-electron chi connectivity index (χ1n) is 6.41. The van der Waals surface area contributed by atoms with Crippen molar-refractivity contribution in [3.05, 3.63) is 30.3 Å². The molecule has 0 bridgehead atoms. The predicted molar refractivity (Wildman–Crippen MR) is 70.7 cm³/mol. The van der Waals surface area contributed by atoms with Crippen LogP contribution in [-0.2, 0) is 11.3 Å². The Morgan fingerprint density at radius 1 is 1.50 bits per heavy atom. The summed E-state index contributed by atoms with van der Waals surface area (Å²) in [5, 5.41) is 15.7. The smallest absolute Gasteiger partial charge is 0.320 e. The molecule has 1 atom stereocenters. The highest BCUT2D eigenvalue weighted by Crippen LogP contribution is 2.11. The Balaban J connectivity index is 1.98. The van der Waals surface area contributed by atoms with Crippen molar-refractivity contribution in [1.29, 1.82) is 0 Å². The van der Waals surface area contributed by atoms with Crippen molar-refractivity contribution in [1.82, 2.24) is 20.4 Å². The fraction of sp³-hybridized carbons (Fsp3) is 0.385. The number of nitrogens with one attached hydrogen (secondary N) is 1. The highest BCUT2D eigenvalue weighted by Gasteiger charge is 2.17. The summed E-state index contributed by atoms with van der Waals surface area (Å²) in [6.45, 7) is 2.15. The second-order valence-electron chi connectivity index (χ2n) is 4.29. The van der Waals surface area contributed by atoms with Gasteiger partial charge in [-0.15, -0.1) is 0 Å². The fourth-order valence-electron chi connectivity index (χ4n) is 1.74. The molecule has 2 rings (SSSR count). The predicted octanol–water partition coefficient (Wildman–Crippen LogP) is 1.47. The van der Waals surface area contributed by atoms with Gasteiger partial charge in [0, 0.05) is 6.20 Å². The van der Waals surface area contributed by atoms with E-state index in [1.807, 2.05) is 13.0 Å². The van der Waals surface area contributed by atoms with E-state index in [-0.39, 0.29) is 6.54 Å². The number of nitrogens with zero attached hydrogens (tertiary/aromatic N) is 3. The van der Waals surface area contributed by atoms with Gasteiger partial charge in [0.05, 0.1) is 6.54 Å². The van der Waals surface area contributed by atoms with E-state index in [9.17, 15) is 4.79 Å². The Labute approximate surface area is 116 Å². The molecule has 2 heterocycles. The molecular weight excluding hydrogens is 260 g/mol. The minimum atomic E-state index is -0.878. The van der Waals surface area contributed by atoms with Gasteiger partial charge in [0.15, 0.2) is 0 Å². The molecule has 0 saturated carbocycles. The van der Waals surface area contributed by atoms with E-state index >= 15 is 0 Å². The van der Waals surface area contributed by atoms with E-state index in [0.29, 0.717) is 23.8 Å². The molecule has 0 aromatic carbocycles. The van der Waals surface area contributed by atoms with Crippen LogP contribution >= 0.6 is 0 Å². The number of hydrogen-bond acceptors (Lipinski definition) is 6. The molecule has 7 nitrogen and oxygen atoms in total. The Kier molecular flexibility index (Phi) is 4.78. The first-order valence-corrected chi connectivity index (χ1v) is 6.41. The normalized spacial score (nSPS) is 12.2. The highest BCUT2D eigenvalue weighted by atomic mass is 16.5. The van der Waals surface area contributed by atoms with Crippen LogP contribution in [-0.4, -0.2) is 32.2 Å². The first-order chi connectivity index (χ1) is 9.70. The van der Waals surface area contributed by atoms with Crippen molar-refractivity contribution < 1.29 is 14.4 Å². The summed E-state index contributed by atoms with van der Waals surface area (Å²) < 4.78 is 5.07. The molecule has 7 heteroatoms. The molecule has 0 radical (unpaired) electrons. The molecule has 0 aliphatic rings. The van der Waals surface area contributed by atoms with Crippen molar-refractivity contribution in [2.24, 2.45) is 0 Å². The molecular formula is C13H16N4O3. The van der Waals surface area contributed by atoms with E-state index in [4.69, 9.17) is 9.63 Å². The van der Waals surface area contributed by atoms with Gasteiger partial charge < -0.3 is 9.63 Å². The lowest BCUT2D eigenvalue weighted by molar-refractivity contribution is -0.139. The van der Waals surface area contributed by atoms with Gasteiger partial charge in [-0.3, -0.25) is 15.1 Å². The molecule has 1 unspecified atom stereocenters. The topological polar surface area (TPSA) is 101 Å². The molecule has 2 aromatic heterocycles. The van der Waals surface area contributed by atoms with Crippen molar-refractivity contribution in [3.63, 3.8) is 0 Å². The van der Waals surface area contributed by atoms with Gasteiger partial charge in [0.2, 0.25) is 11.7 Å². The summed E-state index contributed by atoms with van der Waals surface area (Å²) >= 11 is 0. The largest absolute Gasteiger partial charge is 0.480 e. The fourth-order valence-corrected chi connectivity index (χ4v) is 1.74. The summed E-state index contributed by atoms with van der Waals surface area (Å²) in [5.41, 5.74) is 0.617. The number of aromatic nitrogens is 3. The van der Waals surface area contributed by atoms with Crippen molar-refractivity contribution in [2.45, 2.75) is 32.4 Å². The van der Waals surface area contributed by atoms with Gasteiger partial charge in [-0.2, -0.15) is 4.98 Å². The van der Waals surface area contributed by atoms with E-state index < -0.39 is 12.0 Å². The van der Waals surface area contributed by atoms with Gasteiger partial charge in [-0.05, 0) is 18.6 Å². The maximum Gasteiger partial charge on any atom is 0.320 e.